The van der Waals surface area contributed by atoms with Crippen molar-refractivity contribution in [2.75, 3.05) is 18.5 Å². The highest BCUT2D eigenvalue weighted by Crippen LogP contribution is 2.26. The number of rotatable bonds is 5. The molecule has 0 atom stereocenters. The van der Waals surface area contributed by atoms with Crippen molar-refractivity contribution in [3.63, 3.8) is 0 Å². The Morgan fingerprint density at radius 2 is 2.10 bits per heavy atom. The van der Waals surface area contributed by atoms with E-state index in [4.69, 9.17) is 4.74 Å². The molecule has 0 radical (unpaired) electrons. The number of nitrogens with zero attached hydrogens (tertiary/aromatic N) is 2. The summed E-state index contributed by atoms with van der Waals surface area (Å²) in [7, 11) is 0. The van der Waals surface area contributed by atoms with Gasteiger partial charge in [0.25, 0.3) is 0 Å². The van der Waals surface area contributed by atoms with Crippen molar-refractivity contribution in [1.29, 1.82) is 5.26 Å². The summed E-state index contributed by atoms with van der Waals surface area (Å²) in [6, 6.07) is 9.99. The van der Waals surface area contributed by atoms with E-state index in [-0.39, 0.29) is 5.60 Å². The van der Waals surface area contributed by atoms with Gasteiger partial charge in [-0.25, -0.2) is 0 Å². The lowest BCUT2D eigenvalue weighted by Gasteiger charge is -2.26. The van der Waals surface area contributed by atoms with Crippen LogP contribution in [-0.4, -0.2) is 23.7 Å². The number of fused-ring (bicyclic) bond motifs is 1. The molecule has 1 heterocycles. The fourth-order valence-corrected chi connectivity index (χ4v) is 2.16. The molecule has 0 fully saturated rings. The Hall–Kier alpha value is -2.12. The van der Waals surface area contributed by atoms with Gasteiger partial charge in [0.2, 0.25) is 0 Å². The number of pyridine rings is 1. The molecule has 4 heteroatoms. The lowest BCUT2D eigenvalue weighted by atomic mass is 10.1. The van der Waals surface area contributed by atoms with E-state index in [9.17, 15) is 5.26 Å². The summed E-state index contributed by atoms with van der Waals surface area (Å²) in [5.74, 6) is 0. The van der Waals surface area contributed by atoms with Gasteiger partial charge in [0.1, 0.15) is 6.07 Å². The van der Waals surface area contributed by atoms with Crippen LogP contribution >= 0.6 is 0 Å². The summed E-state index contributed by atoms with van der Waals surface area (Å²) in [5, 5.41) is 13.6. The topological polar surface area (TPSA) is 57.9 Å². The summed E-state index contributed by atoms with van der Waals surface area (Å²) < 4.78 is 5.68. The molecular weight excluding hydrogens is 250 g/mol. The van der Waals surface area contributed by atoms with Crippen LogP contribution in [0, 0.1) is 11.3 Å². The van der Waals surface area contributed by atoms with Crippen LogP contribution in [0.4, 0.5) is 5.69 Å². The molecule has 1 aromatic carbocycles. The maximum Gasteiger partial charge on any atom is 0.103 e. The molecule has 0 saturated carbocycles. The highest BCUT2D eigenvalue weighted by atomic mass is 16.5. The van der Waals surface area contributed by atoms with Gasteiger partial charge >= 0.3 is 0 Å². The number of nitriles is 1. The lowest BCUT2D eigenvalue weighted by molar-refractivity contribution is 0.000715. The predicted molar refractivity (Wildman–Crippen MR) is 80.7 cm³/mol. The van der Waals surface area contributed by atoms with Crippen LogP contribution < -0.4 is 5.32 Å². The summed E-state index contributed by atoms with van der Waals surface area (Å²) in [6.45, 7) is 7.32. The molecular formula is C16H19N3O. The number of ether oxygens (including phenoxy) is 1. The van der Waals surface area contributed by atoms with E-state index in [1.54, 1.807) is 6.20 Å². The van der Waals surface area contributed by atoms with E-state index >= 15 is 0 Å². The maximum absolute atomic E-state index is 9.25. The molecule has 4 nitrogen and oxygen atoms in total. The third-order valence-electron chi connectivity index (χ3n) is 3.12. The van der Waals surface area contributed by atoms with Crippen molar-refractivity contribution in [3.8, 4) is 6.07 Å². The Morgan fingerprint density at radius 1 is 1.35 bits per heavy atom. The Balaban J connectivity index is 2.35. The van der Waals surface area contributed by atoms with E-state index in [2.05, 4.69) is 16.4 Å². The Kier molecular flexibility index (Phi) is 4.21. The highest BCUT2D eigenvalue weighted by molar-refractivity contribution is 5.93. The number of benzene rings is 1. The molecule has 2 rings (SSSR count). The second-order valence-electron chi connectivity index (χ2n) is 5.22. The minimum Gasteiger partial charge on any atom is -0.381 e. The van der Waals surface area contributed by atoms with E-state index in [1.807, 2.05) is 45.0 Å². The molecule has 0 amide bonds. The van der Waals surface area contributed by atoms with Gasteiger partial charge in [-0.05, 0) is 26.8 Å². The monoisotopic (exact) mass is 269 g/mol. The average molecular weight is 269 g/mol. The zero-order valence-electron chi connectivity index (χ0n) is 12.1. The van der Waals surface area contributed by atoms with Crippen LogP contribution in [0.3, 0.4) is 0 Å². The zero-order chi connectivity index (χ0) is 14.6. The number of anilines is 1. The zero-order valence-corrected chi connectivity index (χ0v) is 12.1. The van der Waals surface area contributed by atoms with Crippen molar-refractivity contribution in [2.24, 2.45) is 0 Å². The Labute approximate surface area is 119 Å². The molecule has 1 aromatic heterocycles. The highest BCUT2D eigenvalue weighted by Gasteiger charge is 2.18. The van der Waals surface area contributed by atoms with Crippen LogP contribution in [0.1, 0.15) is 26.3 Å². The van der Waals surface area contributed by atoms with E-state index in [0.29, 0.717) is 18.7 Å². The number of hydrogen-bond acceptors (Lipinski definition) is 4. The Morgan fingerprint density at radius 3 is 2.80 bits per heavy atom. The molecule has 0 aliphatic heterocycles. The van der Waals surface area contributed by atoms with Gasteiger partial charge in [-0.15, -0.1) is 0 Å². The summed E-state index contributed by atoms with van der Waals surface area (Å²) >= 11 is 0. The summed E-state index contributed by atoms with van der Waals surface area (Å²) in [4.78, 5) is 4.30. The van der Waals surface area contributed by atoms with Gasteiger partial charge in [-0.1, -0.05) is 18.2 Å². The maximum atomic E-state index is 9.25. The number of aromatic nitrogens is 1. The van der Waals surface area contributed by atoms with Gasteiger partial charge in [-0.3, -0.25) is 4.98 Å². The largest absolute Gasteiger partial charge is 0.381 e. The molecule has 0 unspecified atom stereocenters. The molecule has 0 aliphatic rings. The van der Waals surface area contributed by atoms with Gasteiger partial charge in [0.05, 0.1) is 22.4 Å². The predicted octanol–water partition coefficient (Wildman–Crippen LogP) is 3.33. The Bertz CT molecular complexity index is 644. The first-order valence-electron chi connectivity index (χ1n) is 6.73. The smallest absolute Gasteiger partial charge is 0.103 e. The van der Waals surface area contributed by atoms with E-state index in [1.165, 1.54) is 0 Å². The summed E-state index contributed by atoms with van der Waals surface area (Å²) in [6.07, 6.45) is 1.61. The first-order chi connectivity index (χ1) is 9.57. The summed E-state index contributed by atoms with van der Waals surface area (Å²) in [5.41, 5.74) is 1.97. The third-order valence-corrected chi connectivity index (χ3v) is 3.12. The van der Waals surface area contributed by atoms with Gasteiger partial charge in [-0.2, -0.15) is 5.26 Å². The van der Waals surface area contributed by atoms with E-state index < -0.39 is 0 Å². The molecule has 0 bridgehead atoms. The van der Waals surface area contributed by atoms with Crippen molar-refractivity contribution in [2.45, 2.75) is 26.4 Å². The van der Waals surface area contributed by atoms with Gasteiger partial charge < -0.3 is 10.1 Å². The van der Waals surface area contributed by atoms with Crippen molar-refractivity contribution < 1.29 is 4.74 Å². The first-order valence-corrected chi connectivity index (χ1v) is 6.73. The fourth-order valence-electron chi connectivity index (χ4n) is 2.16. The second-order valence-corrected chi connectivity index (χ2v) is 5.22. The average Bonchev–Trinajstić information content (AvgIpc) is 2.44. The van der Waals surface area contributed by atoms with Crippen molar-refractivity contribution >= 4 is 16.6 Å². The number of hydrogen-bond donors (Lipinski definition) is 1. The van der Waals surface area contributed by atoms with Crippen LogP contribution in [0.15, 0.2) is 30.5 Å². The molecule has 2 aromatic rings. The molecule has 1 N–H and O–H groups in total. The molecule has 0 spiro atoms. The lowest BCUT2D eigenvalue weighted by Crippen LogP contribution is -2.33. The first kappa shape index (κ1) is 14.3. The van der Waals surface area contributed by atoms with Crippen molar-refractivity contribution in [3.05, 3.63) is 36.0 Å². The van der Waals surface area contributed by atoms with Gasteiger partial charge in [0.15, 0.2) is 0 Å². The quantitative estimate of drug-likeness (QED) is 0.904. The number of para-hydroxylation sites is 1. The molecule has 0 saturated heterocycles. The molecule has 20 heavy (non-hydrogen) atoms. The molecule has 0 aliphatic carbocycles. The fraction of sp³-hybridized carbons (Fsp3) is 0.375. The number of nitrogens with one attached hydrogen (secondary N) is 1. The minimum atomic E-state index is -0.286. The van der Waals surface area contributed by atoms with Crippen LogP contribution in [0.2, 0.25) is 0 Å². The van der Waals surface area contributed by atoms with Crippen LogP contribution in [0.5, 0.6) is 0 Å². The standard InChI is InChI=1S/C16H19N3O/c1-4-20-16(2,3)11-19-15-12(9-17)10-18-14-8-6-5-7-13(14)15/h5-8,10H,4,11H2,1-3H3,(H,18,19). The minimum absolute atomic E-state index is 0.286. The van der Waals surface area contributed by atoms with E-state index in [0.717, 1.165) is 16.6 Å². The van der Waals surface area contributed by atoms with Crippen molar-refractivity contribution in [1.82, 2.24) is 4.98 Å². The van der Waals surface area contributed by atoms with Crippen LogP contribution in [0.25, 0.3) is 10.9 Å². The van der Waals surface area contributed by atoms with Crippen LogP contribution in [-0.2, 0) is 4.74 Å². The third kappa shape index (κ3) is 3.06. The molecule has 104 valence electrons. The second kappa shape index (κ2) is 5.89. The van der Waals surface area contributed by atoms with Gasteiger partial charge in [0, 0.05) is 24.7 Å². The normalized spacial score (nSPS) is 11.3. The SMILES string of the molecule is CCOC(C)(C)CNc1c(C#N)cnc2ccccc12.